The Morgan fingerprint density at radius 2 is 0.792 bits per heavy atom. The van der Waals surface area contributed by atoms with Gasteiger partial charge < -0.3 is 47.4 Å². The molecular formula is C32H36O16. The fraction of sp³-hybridized carbons (Fsp3) is 0.500. The topological polar surface area (TPSA) is 195 Å². The highest BCUT2D eigenvalue weighted by atomic mass is 16.7. The van der Waals surface area contributed by atoms with Crippen LogP contribution in [0.2, 0.25) is 0 Å². The van der Waals surface area contributed by atoms with Crippen LogP contribution in [-0.4, -0.2) is 98.2 Å². The molecule has 2 aromatic rings. The van der Waals surface area contributed by atoms with Crippen LogP contribution in [0, 0.1) is 0 Å². The number of fused-ring (bicyclic) bond motifs is 1. The van der Waals surface area contributed by atoms with Crippen LogP contribution in [0.4, 0.5) is 0 Å². The van der Waals surface area contributed by atoms with Crippen molar-refractivity contribution in [1.82, 2.24) is 0 Å². The van der Waals surface area contributed by atoms with Crippen LogP contribution in [0.25, 0.3) is 10.8 Å². The van der Waals surface area contributed by atoms with Crippen LogP contribution in [0.5, 0.6) is 11.5 Å². The molecule has 0 saturated carbocycles. The third-order valence-corrected chi connectivity index (χ3v) is 6.94. The summed E-state index contributed by atoms with van der Waals surface area (Å²) in [4.78, 5) is 71.5. The maximum atomic E-state index is 12.1. The lowest BCUT2D eigenvalue weighted by Crippen LogP contribution is -2.59. The minimum absolute atomic E-state index is 0.237. The smallest absolute Gasteiger partial charge is 0.303 e. The first-order valence-corrected chi connectivity index (χ1v) is 14.8. The number of ether oxygens (including phenoxy) is 10. The molecule has 0 spiro atoms. The third-order valence-electron chi connectivity index (χ3n) is 6.94. The average Bonchev–Trinajstić information content (AvgIpc) is 2.98. The van der Waals surface area contributed by atoms with E-state index in [9.17, 15) is 28.8 Å². The van der Waals surface area contributed by atoms with E-state index in [2.05, 4.69) is 0 Å². The van der Waals surface area contributed by atoms with Crippen LogP contribution in [0.1, 0.15) is 41.5 Å². The minimum atomic E-state index is -1.33. The third kappa shape index (κ3) is 9.10. The van der Waals surface area contributed by atoms with Crippen molar-refractivity contribution < 1.29 is 76.1 Å². The van der Waals surface area contributed by atoms with Gasteiger partial charge in [0, 0.05) is 52.3 Å². The Kier molecular flexibility index (Phi) is 11.8. The van der Waals surface area contributed by atoms with Crippen molar-refractivity contribution in [2.24, 2.45) is 0 Å². The normalized spacial score (nSPS) is 26.7. The fourth-order valence-electron chi connectivity index (χ4n) is 5.33. The Labute approximate surface area is 274 Å². The Balaban J connectivity index is 1.65. The SMILES string of the molecule is CC(=O)O[C@@H]1[C@@H](OC(C)=O)[C@H](Oc2cccc3c(O[C@@H]4OC[C@@H](OC(C)=O)[C@H](OC(C)=O)[C@H]4OC(C)=O)cccc23)OC[C@H]1OC(C)=O. The highest BCUT2D eigenvalue weighted by Crippen LogP contribution is 2.36. The predicted molar refractivity (Wildman–Crippen MR) is 158 cm³/mol. The molecule has 0 unspecified atom stereocenters. The van der Waals surface area contributed by atoms with Gasteiger partial charge in [-0.05, 0) is 12.1 Å². The number of esters is 6. The summed E-state index contributed by atoms with van der Waals surface area (Å²) in [6, 6.07) is 9.91. The molecule has 2 heterocycles. The predicted octanol–water partition coefficient (Wildman–Crippen LogP) is 1.90. The number of carbonyl (C=O) groups is 6. The summed E-state index contributed by atoms with van der Waals surface area (Å²) >= 11 is 0. The second-order valence-corrected chi connectivity index (χ2v) is 10.8. The van der Waals surface area contributed by atoms with E-state index in [1.165, 1.54) is 13.8 Å². The monoisotopic (exact) mass is 676 g/mol. The molecule has 8 atom stereocenters. The van der Waals surface area contributed by atoms with Gasteiger partial charge in [-0.25, -0.2) is 0 Å². The molecule has 2 aliphatic rings. The zero-order chi connectivity index (χ0) is 35.1. The first-order valence-electron chi connectivity index (χ1n) is 14.8. The zero-order valence-corrected chi connectivity index (χ0v) is 27.0. The van der Waals surface area contributed by atoms with Crippen molar-refractivity contribution in [3.05, 3.63) is 36.4 Å². The van der Waals surface area contributed by atoms with Crippen molar-refractivity contribution >= 4 is 46.6 Å². The molecule has 0 aliphatic carbocycles. The van der Waals surface area contributed by atoms with Gasteiger partial charge >= 0.3 is 35.8 Å². The summed E-state index contributed by atoms with van der Waals surface area (Å²) in [7, 11) is 0. The molecule has 0 N–H and O–H groups in total. The maximum absolute atomic E-state index is 12.1. The highest BCUT2D eigenvalue weighted by molar-refractivity contribution is 5.93. The van der Waals surface area contributed by atoms with Crippen molar-refractivity contribution in [2.75, 3.05) is 13.2 Å². The highest BCUT2D eigenvalue weighted by Gasteiger charge is 2.49. The fourth-order valence-corrected chi connectivity index (χ4v) is 5.33. The van der Waals surface area contributed by atoms with Crippen molar-refractivity contribution in [3.63, 3.8) is 0 Å². The van der Waals surface area contributed by atoms with Gasteiger partial charge in [-0.1, -0.05) is 24.3 Å². The van der Waals surface area contributed by atoms with Gasteiger partial charge in [-0.15, -0.1) is 0 Å². The second-order valence-electron chi connectivity index (χ2n) is 10.8. The van der Waals surface area contributed by atoms with E-state index < -0.39 is 85.0 Å². The maximum Gasteiger partial charge on any atom is 0.303 e. The Morgan fingerprint density at radius 3 is 1.10 bits per heavy atom. The second kappa shape index (κ2) is 15.8. The quantitative estimate of drug-likeness (QED) is 0.261. The lowest BCUT2D eigenvalue weighted by Gasteiger charge is -2.40. The molecule has 2 saturated heterocycles. The lowest BCUT2D eigenvalue weighted by atomic mass is 10.0. The molecule has 2 aliphatic heterocycles. The molecule has 2 aromatic carbocycles. The summed E-state index contributed by atoms with van der Waals surface area (Å²) in [5.41, 5.74) is 0. The van der Waals surface area contributed by atoms with E-state index in [0.29, 0.717) is 10.8 Å². The molecule has 4 rings (SSSR count). The van der Waals surface area contributed by atoms with Gasteiger partial charge in [-0.3, -0.25) is 28.8 Å². The van der Waals surface area contributed by atoms with Gasteiger partial charge in [0.1, 0.15) is 11.5 Å². The molecular weight excluding hydrogens is 640 g/mol. The summed E-state index contributed by atoms with van der Waals surface area (Å²) in [5, 5.41) is 0.973. The van der Waals surface area contributed by atoms with Crippen LogP contribution in [0.15, 0.2) is 36.4 Å². The standard InChI is InChI=1S/C32H36O16/c1-15(33)41-25-13-39-31(29(45-19(5)37)27(25)43-17(3)35)47-23-11-7-10-22-21(23)9-8-12-24(22)48-32-30(46-20(6)38)28(44-18(4)36)26(14-40-32)42-16(2)34/h7-12,25-32H,13-14H2,1-6H3/t25-,26-,27+,28+,29-,30-,31+,32+/m1/s1. The molecule has 0 radical (unpaired) electrons. The number of carbonyl (C=O) groups excluding carboxylic acids is 6. The van der Waals surface area contributed by atoms with Crippen molar-refractivity contribution in [3.8, 4) is 11.5 Å². The summed E-state index contributed by atoms with van der Waals surface area (Å²) in [5.74, 6) is -3.75. The van der Waals surface area contributed by atoms with Crippen LogP contribution >= 0.6 is 0 Å². The molecule has 0 bridgehead atoms. The number of benzene rings is 2. The summed E-state index contributed by atoms with van der Waals surface area (Å²) < 4.78 is 56.2. The first-order chi connectivity index (χ1) is 22.7. The van der Waals surface area contributed by atoms with Crippen molar-refractivity contribution in [2.45, 2.75) is 90.7 Å². The Hall–Kier alpha value is -4.96. The molecule has 0 aromatic heterocycles. The Bertz CT molecular complexity index is 1420. The van der Waals surface area contributed by atoms with Gasteiger partial charge in [0.2, 0.25) is 24.8 Å². The number of hydrogen-bond acceptors (Lipinski definition) is 16. The lowest BCUT2D eigenvalue weighted by molar-refractivity contribution is -0.259. The van der Waals surface area contributed by atoms with Gasteiger partial charge in [-0.2, -0.15) is 0 Å². The average molecular weight is 677 g/mol. The summed E-state index contributed by atoms with van der Waals surface area (Å²) in [6.07, 6.45) is -9.93. The largest absolute Gasteiger partial charge is 0.460 e. The molecule has 2 fully saturated rings. The Morgan fingerprint density at radius 1 is 0.479 bits per heavy atom. The van der Waals surface area contributed by atoms with Crippen LogP contribution < -0.4 is 9.47 Å². The van der Waals surface area contributed by atoms with E-state index in [1.807, 2.05) is 0 Å². The van der Waals surface area contributed by atoms with E-state index in [1.54, 1.807) is 36.4 Å². The first kappa shape index (κ1) is 35.9. The molecule has 16 heteroatoms. The van der Waals surface area contributed by atoms with Gasteiger partial charge in [0.25, 0.3) is 0 Å². The molecule has 48 heavy (non-hydrogen) atoms. The zero-order valence-electron chi connectivity index (χ0n) is 27.0. The number of hydrogen-bond donors (Lipinski definition) is 0. The van der Waals surface area contributed by atoms with E-state index in [0.717, 1.165) is 27.7 Å². The van der Waals surface area contributed by atoms with Crippen molar-refractivity contribution in [1.29, 1.82) is 0 Å². The van der Waals surface area contributed by atoms with Crippen LogP contribution in [0.3, 0.4) is 0 Å². The molecule has 16 nitrogen and oxygen atoms in total. The molecule has 0 amide bonds. The van der Waals surface area contributed by atoms with Gasteiger partial charge in [0.15, 0.2) is 24.4 Å². The van der Waals surface area contributed by atoms with Crippen LogP contribution in [-0.2, 0) is 66.7 Å². The van der Waals surface area contributed by atoms with Gasteiger partial charge in [0.05, 0.1) is 13.2 Å². The minimum Gasteiger partial charge on any atom is -0.460 e. The van der Waals surface area contributed by atoms with E-state index in [4.69, 9.17) is 47.4 Å². The molecule has 260 valence electrons. The number of rotatable bonds is 10. The summed E-state index contributed by atoms with van der Waals surface area (Å²) in [6.45, 7) is 6.46. The van der Waals surface area contributed by atoms with E-state index in [-0.39, 0.29) is 24.7 Å². The van der Waals surface area contributed by atoms with E-state index >= 15 is 0 Å².